The smallest absolute Gasteiger partial charge is 0.416 e. The Morgan fingerprint density at radius 3 is 2.17 bits per heavy atom. The van der Waals surface area contributed by atoms with Crippen LogP contribution >= 0.6 is 0 Å². The van der Waals surface area contributed by atoms with Gasteiger partial charge in [0.15, 0.2) is 0 Å². The first kappa shape index (κ1) is 20.8. The molecule has 0 aliphatic carbocycles. The zero-order valence-electron chi connectivity index (χ0n) is 15.8. The van der Waals surface area contributed by atoms with Gasteiger partial charge in [0.1, 0.15) is 0 Å². The van der Waals surface area contributed by atoms with Crippen LogP contribution in [0.3, 0.4) is 0 Å². The van der Waals surface area contributed by atoms with Crippen molar-refractivity contribution in [3.05, 3.63) is 75.3 Å². The number of nitro groups is 1. The Balaban J connectivity index is 2.30. The summed E-state index contributed by atoms with van der Waals surface area (Å²) in [5.74, 6) is -0.925. The van der Waals surface area contributed by atoms with Gasteiger partial charge in [-0.3, -0.25) is 10.1 Å². The summed E-state index contributed by atoms with van der Waals surface area (Å²) in [6, 6.07) is 9.86. The molecule has 2 aromatic rings. The van der Waals surface area contributed by atoms with Gasteiger partial charge >= 0.3 is 12.1 Å². The summed E-state index contributed by atoms with van der Waals surface area (Å²) in [5.41, 5.74) is -4.92. The first-order valence-corrected chi connectivity index (χ1v) is 8.68. The molecule has 1 fully saturated rings. The third-order valence-electron chi connectivity index (χ3n) is 4.57. The van der Waals surface area contributed by atoms with E-state index in [0.717, 1.165) is 6.07 Å². The number of esters is 1. The standard InChI is InChI=1S/C20H18F3NO5/c1-18(2,3)17-28-16(25)19(29-17,12-7-5-4-6-8-12)14-10-9-13(20(21,22)23)11-15(14)24(26)27/h4-11,17H,1-3H3/t17-,19-/m1/s1. The molecule has 0 unspecified atom stereocenters. The summed E-state index contributed by atoms with van der Waals surface area (Å²) >= 11 is 0. The number of nitro benzene ring substituents is 1. The van der Waals surface area contributed by atoms with E-state index in [0.29, 0.717) is 12.1 Å². The highest BCUT2D eigenvalue weighted by Gasteiger charge is 2.58. The number of carbonyl (C=O) groups excluding carboxylic acids is 1. The van der Waals surface area contributed by atoms with Gasteiger partial charge in [-0.1, -0.05) is 51.1 Å². The number of benzene rings is 2. The van der Waals surface area contributed by atoms with Crippen LogP contribution in [0.1, 0.15) is 37.5 Å². The summed E-state index contributed by atoms with van der Waals surface area (Å²) in [6.45, 7) is 5.23. The minimum Gasteiger partial charge on any atom is -0.432 e. The molecule has 154 valence electrons. The molecule has 0 radical (unpaired) electrons. The number of hydrogen-bond acceptors (Lipinski definition) is 5. The highest BCUT2D eigenvalue weighted by Crippen LogP contribution is 2.48. The second kappa shape index (κ2) is 6.84. The zero-order chi connectivity index (χ0) is 21.6. The number of halogens is 3. The van der Waals surface area contributed by atoms with Gasteiger partial charge in [-0.2, -0.15) is 13.2 Å². The Labute approximate surface area is 164 Å². The largest absolute Gasteiger partial charge is 0.432 e. The fraction of sp³-hybridized carbons (Fsp3) is 0.350. The van der Waals surface area contributed by atoms with Gasteiger partial charge in [0.05, 0.1) is 16.1 Å². The van der Waals surface area contributed by atoms with Gasteiger partial charge < -0.3 is 9.47 Å². The fourth-order valence-corrected chi connectivity index (χ4v) is 3.11. The van der Waals surface area contributed by atoms with Crippen molar-refractivity contribution in [3.8, 4) is 0 Å². The predicted molar refractivity (Wildman–Crippen MR) is 95.7 cm³/mol. The molecule has 1 aliphatic rings. The van der Waals surface area contributed by atoms with Crippen molar-refractivity contribution >= 4 is 11.7 Å². The van der Waals surface area contributed by atoms with E-state index in [-0.39, 0.29) is 11.1 Å². The maximum Gasteiger partial charge on any atom is 0.416 e. The van der Waals surface area contributed by atoms with Crippen molar-refractivity contribution in [3.63, 3.8) is 0 Å². The van der Waals surface area contributed by atoms with Gasteiger partial charge in [0.25, 0.3) is 5.69 Å². The zero-order valence-corrected chi connectivity index (χ0v) is 15.8. The molecule has 3 rings (SSSR count). The lowest BCUT2D eigenvalue weighted by atomic mass is 9.84. The quantitative estimate of drug-likeness (QED) is 0.413. The first-order valence-electron chi connectivity index (χ1n) is 8.68. The van der Waals surface area contributed by atoms with E-state index < -0.39 is 45.6 Å². The molecule has 2 aromatic carbocycles. The van der Waals surface area contributed by atoms with E-state index in [2.05, 4.69) is 0 Å². The second-order valence-corrected chi connectivity index (χ2v) is 7.76. The van der Waals surface area contributed by atoms with Crippen LogP contribution in [0.25, 0.3) is 0 Å². The monoisotopic (exact) mass is 409 g/mol. The van der Waals surface area contributed by atoms with Crippen LogP contribution in [0.4, 0.5) is 18.9 Å². The molecule has 1 heterocycles. The molecule has 0 amide bonds. The Bertz CT molecular complexity index is 953. The number of rotatable bonds is 3. The van der Waals surface area contributed by atoms with Crippen molar-refractivity contribution in [2.75, 3.05) is 0 Å². The number of hydrogen-bond donors (Lipinski definition) is 0. The third kappa shape index (κ3) is 3.57. The molecule has 29 heavy (non-hydrogen) atoms. The van der Waals surface area contributed by atoms with Gasteiger partial charge in [-0.25, -0.2) is 4.79 Å². The Morgan fingerprint density at radius 1 is 1.07 bits per heavy atom. The van der Waals surface area contributed by atoms with Crippen molar-refractivity contribution in [2.45, 2.75) is 38.8 Å². The molecule has 0 spiro atoms. The molecule has 0 saturated carbocycles. The van der Waals surface area contributed by atoms with E-state index >= 15 is 0 Å². The van der Waals surface area contributed by atoms with Gasteiger partial charge in [-0.15, -0.1) is 0 Å². The van der Waals surface area contributed by atoms with Crippen LogP contribution in [0.2, 0.25) is 0 Å². The van der Waals surface area contributed by atoms with Crippen molar-refractivity contribution in [2.24, 2.45) is 5.41 Å². The second-order valence-electron chi connectivity index (χ2n) is 7.76. The van der Waals surface area contributed by atoms with E-state index in [9.17, 15) is 28.1 Å². The third-order valence-corrected chi connectivity index (χ3v) is 4.57. The molecular formula is C20H18F3NO5. The number of ether oxygens (including phenoxy) is 2. The average Bonchev–Trinajstić information content (AvgIpc) is 2.99. The molecule has 0 bridgehead atoms. The lowest BCUT2D eigenvalue weighted by Gasteiger charge is -2.29. The Kier molecular flexibility index (Phi) is 4.90. The van der Waals surface area contributed by atoms with Gasteiger partial charge in [0.2, 0.25) is 11.9 Å². The molecule has 2 atom stereocenters. The normalized spacial score (nSPS) is 22.4. The highest BCUT2D eigenvalue weighted by atomic mass is 19.4. The van der Waals surface area contributed by atoms with E-state index in [1.807, 2.05) is 0 Å². The number of carbonyl (C=O) groups is 1. The number of nitrogens with zero attached hydrogens (tertiary/aromatic N) is 1. The molecule has 1 aliphatic heterocycles. The SMILES string of the molecule is CC(C)(C)[C@@H]1OC(=O)[C@@](c2ccccc2)(c2ccc(C(F)(F)F)cc2[N+](=O)[O-])O1. The molecule has 1 saturated heterocycles. The number of alkyl halides is 3. The average molecular weight is 409 g/mol. The maximum atomic E-state index is 13.1. The van der Waals surface area contributed by atoms with E-state index in [1.165, 1.54) is 12.1 Å². The molecule has 6 nitrogen and oxygen atoms in total. The summed E-state index contributed by atoms with van der Waals surface area (Å²) < 4.78 is 50.7. The molecule has 0 aromatic heterocycles. The molecular weight excluding hydrogens is 391 g/mol. The lowest BCUT2D eigenvalue weighted by Crippen LogP contribution is -2.37. The minimum absolute atomic E-state index is 0.222. The van der Waals surface area contributed by atoms with E-state index in [1.54, 1.807) is 39.0 Å². The van der Waals surface area contributed by atoms with Crippen molar-refractivity contribution in [1.29, 1.82) is 0 Å². The van der Waals surface area contributed by atoms with E-state index in [4.69, 9.17) is 9.47 Å². The van der Waals surface area contributed by atoms with Gasteiger partial charge in [0, 0.05) is 17.0 Å². The van der Waals surface area contributed by atoms with Crippen LogP contribution < -0.4 is 0 Å². The lowest BCUT2D eigenvalue weighted by molar-refractivity contribution is -0.386. The van der Waals surface area contributed by atoms with Crippen LogP contribution in [0, 0.1) is 15.5 Å². The van der Waals surface area contributed by atoms with Crippen LogP contribution in [0.5, 0.6) is 0 Å². The van der Waals surface area contributed by atoms with Crippen LogP contribution in [-0.4, -0.2) is 17.2 Å². The van der Waals surface area contributed by atoms with Gasteiger partial charge in [-0.05, 0) is 12.1 Å². The van der Waals surface area contributed by atoms with Crippen LogP contribution in [-0.2, 0) is 26.0 Å². The number of cyclic esters (lactones) is 1. The maximum absolute atomic E-state index is 13.1. The highest BCUT2D eigenvalue weighted by molar-refractivity contribution is 5.88. The topological polar surface area (TPSA) is 78.7 Å². The van der Waals surface area contributed by atoms with Crippen molar-refractivity contribution in [1.82, 2.24) is 0 Å². The molecule has 9 heteroatoms. The summed E-state index contributed by atoms with van der Waals surface area (Å²) in [6.07, 6.45) is -5.84. The van der Waals surface area contributed by atoms with Crippen LogP contribution in [0.15, 0.2) is 48.5 Å². The van der Waals surface area contributed by atoms with Crippen molar-refractivity contribution < 1.29 is 32.4 Å². The summed E-state index contributed by atoms with van der Waals surface area (Å²) in [7, 11) is 0. The summed E-state index contributed by atoms with van der Waals surface area (Å²) in [4.78, 5) is 23.7. The minimum atomic E-state index is -4.78. The Hall–Kier alpha value is -2.94. The summed E-state index contributed by atoms with van der Waals surface area (Å²) in [5, 5.41) is 11.6. The first-order chi connectivity index (χ1) is 13.4. The fourth-order valence-electron chi connectivity index (χ4n) is 3.11. The predicted octanol–water partition coefficient (Wildman–Crippen LogP) is 4.80. The Morgan fingerprint density at radius 2 is 1.69 bits per heavy atom. The molecule has 0 N–H and O–H groups in total.